The molecule has 1 aliphatic rings. The smallest absolute Gasteiger partial charge is 0.334 e. The second kappa shape index (κ2) is 6.80. The van der Waals surface area contributed by atoms with Crippen molar-refractivity contribution < 1.29 is 9.53 Å². The minimum Gasteiger partial charge on any atom is -0.463 e. The Morgan fingerprint density at radius 2 is 2.12 bits per heavy atom. The summed E-state index contributed by atoms with van der Waals surface area (Å²) in [5.41, 5.74) is 0.527. The molecule has 1 saturated carbocycles. The van der Waals surface area contributed by atoms with Gasteiger partial charge in [0.25, 0.3) is 0 Å². The van der Waals surface area contributed by atoms with Crippen molar-refractivity contribution in [2.75, 3.05) is 13.2 Å². The molecule has 0 spiro atoms. The molecule has 1 N–H and O–H groups in total. The zero-order chi connectivity index (χ0) is 12.8. The van der Waals surface area contributed by atoms with Crippen LogP contribution in [-0.2, 0) is 9.53 Å². The van der Waals surface area contributed by atoms with Crippen LogP contribution in [0.4, 0.5) is 0 Å². The molecule has 3 heteroatoms. The van der Waals surface area contributed by atoms with Gasteiger partial charge in [0.05, 0.1) is 6.61 Å². The Labute approximate surface area is 105 Å². The van der Waals surface area contributed by atoms with E-state index in [1.165, 1.54) is 19.3 Å². The van der Waals surface area contributed by atoms with Gasteiger partial charge < -0.3 is 10.1 Å². The van der Waals surface area contributed by atoms with E-state index in [0.717, 1.165) is 5.92 Å². The normalized spacial score (nSPS) is 28.1. The highest BCUT2D eigenvalue weighted by Gasteiger charge is 2.31. The van der Waals surface area contributed by atoms with Crippen LogP contribution in [-0.4, -0.2) is 25.2 Å². The fourth-order valence-corrected chi connectivity index (χ4v) is 2.67. The van der Waals surface area contributed by atoms with Crippen molar-refractivity contribution in [3.63, 3.8) is 0 Å². The van der Waals surface area contributed by atoms with Crippen LogP contribution >= 0.6 is 0 Å². The molecule has 0 radical (unpaired) electrons. The monoisotopic (exact) mass is 239 g/mol. The van der Waals surface area contributed by atoms with Gasteiger partial charge in [-0.15, -0.1) is 0 Å². The summed E-state index contributed by atoms with van der Waals surface area (Å²) < 4.78 is 4.91. The Kier molecular flexibility index (Phi) is 5.69. The highest BCUT2D eigenvalue weighted by atomic mass is 16.5. The van der Waals surface area contributed by atoms with Crippen LogP contribution in [0.25, 0.3) is 0 Å². The molecular formula is C14H25NO2. The van der Waals surface area contributed by atoms with E-state index < -0.39 is 0 Å². The molecule has 0 aromatic carbocycles. The van der Waals surface area contributed by atoms with Crippen molar-refractivity contribution >= 4 is 5.97 Å². The summed E-state index contributed by atoms with van der Waals surface area (Å²) >= 11 is 0. The van der Waals surface area contributed by atoms with Crippen LogP contribution in [0, 0.1) is 11.8 Å². The molecule has 0 bridgehead atoms. The topological polar surface area (TPSA) is 38.3 Å². The van der Waals surface area contributed by atoms with E-state index in [-0.39, 0.29) is 5.97 Å². The summed E-state index contributed by atoms with van der Waals surface area (Å²) in [5.74, 6) is 1.23. The third-order valence-corrected chi connectivity index (χ3v) is 3.89. The minimum absolute atomic E-state index is 0.280. The molecule has 3 unspecified atom stereocenters. The first-order valence-corrected chi connectivity index (χ1v) is 6.68. The number of carbonyl (C=O) groups is 1. The Bertz CT molecular complexity index is 275. The zero-order valence-corrected chi connectivity index (χ0v) is 11.3. The van der Waals surface area contributed by atoms with Crippen LogP contribution < -0.4 is 5.32 Å². The number of rotatable bonds is 6. The highest BCUT2D eigenvalue weighted by molar-refractivity contribution is 5.88. The van der Waals surface area contributed by atoms with Crippen LogP contribution in [0.3, 0.4) is 0 Å². The van der Waals surface area contributed by atoms with Crippen molar-refractivity contribution in [2.45, 2.75) is 46.1 Å². The molecule has 98 valence electrons. The second-order valence-corrected chi connectivity index (χ2v) is 4.92. The molecule has 1 rings (SSSR count). The third-order valence-electron chi connectivity index (χ3n) is 3.89. The van der Waals surface area contributed by atoms with E-state index in [1.807, 2.05) is 6.92 Å². The van der Waals surface area contributed by atoms with Crippen molar-refractivity contribution in [1.29, 1.82) is 0 Å². The van der Waals surface area contributed by atoms with Gasteiger partial charge in [-0.1, -0.05) is 26.8 Å². The summed E-state index contributed by atoms with van der Waals surface area (Å²) in [7, 11) is 0. The standard InChI is InChI=1S/C14H25NO2/c1-5-12-7-8-13(11(12)4)15-9-10(3)14(16)17-6-2/h11-13,15H,3,5-9H2,1-2,4H3. The van der Waals surface area contributed by atoms with E-state index in [9.17, 15) is 4.79 Å². The number of hydrogen-bond donors (Lipinski definition) is 1. The molecule has 3 atom stereocenters. The molecule has 17 heavy (non-hydrogen) atoms. The molecule has 0 heterocycles. The maximum Gasteiger partial charge on any atom is 0.334 e. The van der Waals surface area contributed by atoms with Gasteiger partial charge in [0, 0.05) is 18.2 Å². The first-order valence-electron chi connectivity index (χ1n) is 6.68. The highest BCUT2D eigenvalue weighted by Crippen LogP contribution is 2.33. The largest absolute Gasteiger partial charge is 0.463 e. The quantitative estimate of drug-likeness (QED) is 0.572. The van der Waals surface area contributed by atoms with Gasteiger partial charge in [0.15, 0.2) is 0 Å². The number of hydrogen-bond acceptors (Lipinski definition) is 3. The Balaban J connectivity index is 2.32. The fraction of sp³-hybridized carbons (Fsp3) is 0.786. The third kappa shape index (κ3) is 3.84. The summed E-state index contributed by atoms with van der Waals surface area (Å²) in [6.45, 7) is 11.1. The van der Waals surface area contributed by atoms with Crippen molar-refractivity contribution in [2.24, 2.45) is 11.8 Å². The Morgan fingerprint density at radius 3 is 2.65 bits per heavy atom. The van der Waals surface area contributed by atoms with E-state index in [2.05, 4.69) is 25.7 Å². The summed E-state index contributed by atoms with van der Waals surface area (Å²) in [6.07, 6.45) is 3.75. The summed E-state index contributed by atoms with van der Waals surface area (Å²) in [6, 6.07) is 0.520. The van der Waals surface area contributed by atoms with Crippen LogP contribution in [0.15, 0.2) is 12.2 Å². The Morgan fingerprint density at radius 1 is 1.41 bits per heavy atom. The average molecular weight is 239 g/mol. The first kappa shape index (κ1) is 14.2. The van der Waals surface area contributed by atoms with Crippen LogP contribution in [0.5, 0.6) is 0 Å². The van der Waals surface area contributed by atoms with Crippen molar-refractivity contribution in [1.82, 2.24) is 5.32 Å². The van der Waals surface area contributed by atoms with Crippen molar-refractivity contribution in [3.8, 4) is 0 Å². The lowest BCUT2D eigenvalue weighted by molar-refractivity contribution is -0.138. The number of carbonyl (C=O) groups excluding carboxylic acids is 1. The second-order valence-electron chi connectivity index (χ2n) is 4.92. The lowest BCUT2D eigenvalue weighted by atomic mass is 9.93. The SMILES string of the molecule is C=C(CNC1CCC(CC)C1C)C(=O)OCC. The molecule has 0 amide bonds. The molecule has 0 aromatic rings. The summed E-state index contributed by atoms with van der Waals surface area (Å²) in [4.78, 5) is 11.4. The van der Waals surface area contributed by atoms with Gasteiger partial charge in [-0.25, -0.2) is 4.79 Å². The molecule has 0 saturated heterocycles. The molecule has 1 aliphatic carbocycles. The van der Waals surface area contributed by atoms with Gasteiger partial charge in [-0.2, -0.15) is 0 Å². The molecule has 3 nitrogen and oxygen atoms in total. The zero-order valence-electron chi connectivity index (χ0n) is 11.3. The predicted octanol–water partition coefficient (Wildman–Crippen LogP) is 2.52. The fourth-order valence-electron chi connectivity index (χ4n) is 2.67. The lowest BCUT2D eigenvalue weighted by Gasteiger charge is -2.21. The molecular weight excluding hydrogens is 214 g/mol. The molecule has 0 aliphatic heterocycles. The maximum absolute atomic E-state index is 11.4. The van der Waals surface area contributed by atoms with Gasteiger partial charge in [0.2, 0.25) is 0 Å². The van der Waals surface area contributed by atoms with E-state index in [0.29, 0.717) is 30.7 Å². The van der Waals surface area contributed by atoms with Crippen LogP contribution in [0.1, 0.15) is 40.0 Å². The van der Waals surface area contributed by atoms with Gasteiger partial charge in [0.1, 0.15) is 0 Å². The van der Waals surface area contributed by atoms with Gasteiger partial charge in [-0.05, 0) is 31.6 Å². The van der Waals surface area contributed by atoms with E-state index >= 15 is 0 Å². The molecule has 0 aromatic heterocycles. The van der Waals surface area contributed by atoms with Gasteiger partial charge in [-0.3, -0.25) is 0 Å². The predicted molar refractivity (Wildman–Crippen MR) is 69.7 cm³/mol. The lowest BCUT2D eigenvalue weighted by Crippen LogP contribution is -2.35. The Hall–Kier alpha value is -0.830. The average Bonchev–Trinajstić information content (AvgIpc) is 2.67. The van der Waals surface area contributed by atoms with E-state index in [1.54, 1.807) is 0 Å². The van der Waals surface area contributed by atoms with E-state index in [4.69, 9.17) is 4.74 Å². The van der Waals surface area contributed by atoms with Gasteiger partial charge >= 0.3 is 5.97 Å². The maximum atomic E-state index is 11.4. The number of esters is 1. The first-order chi connectivity index (χ1) is 8.10. The number of ether oxygens (including phenoxy) is 1. The molecule has 1 fully saturated rings. The minimum atomic E-state index is -0.280. The number of nitrogens with one attached hydrogen (secondary N) is 1. The summed E-state index contributed by atoms with van der Waals surface area (Å²) in [5, 5.41) is 3.43. The van der Waals surface area contributed by atoms with Crippen molar-refractivity contribution in [3.05, 3.63) is 12.2 Å². The van der Waals surface area contributed by atoms with Crippen LogP contribution in [0.2, 0.25) is 0 Å².